The Morgan fingerprint density at radius 3 is 2.24 bits per heavy atom. The van der Waals surface area contributed by atoms with Gasteiger partial charge >= 0.3 is 0 Å². The van der Waals surface area contributed by atoms with Gasteiger partial charge in [-0.15, -0.1) is 0 Å². The Morgan fingerprint density at radius 2 is 1.55 bits per heavy atom. The summed E-state index contributed by atoms with van der Waals surface area (Å²) in [6, 6.07) is 23.3. The van der Waals surface area contributed by atoms with Crippen LogP contribution in [-0.4, -0.2) is 19.7 Å². The highest BCUT2D eigenvalue weighted by atomic mass is 35.5. The Labute approximate surface area is 201 Å². The maximum atomic E-state index is 6.88. The van der Waals surface area contributed by atoms with Gasteiger partial charge in [0.25, 0.3) is 0 Å². The van der Waals surface area contributed by atoms with Crippen molar-refractivity contribution in [2.24, 2.45) is 5.73 Å². The van der Waals surface area contributed by atoms with E-state index in [0.717, 1.165) is 28.1 Å². The number of hydrogen-bond acceptors (Lipinski definition) is 4. The molecule has 0 fully saturated rings. The van der Waals surface area contributed by atoms with Crippen LogP contribution >= 0.6 is 23.2 Å². The third-order valence-corrected chi connectivity index (χ3v) is 6.37. The van der Waals surface area contributed by atoms with Crippen molar-refractivity contribution >= 4 is 34.2 Å². The molecule has 0 radical (unpaired) electrons. The second kappa shape index (κ2) is 8.27. The molecule has 2 N–H and O–H groups in total. The predicted molar refractivity (Wildman–Crippen MR) is 134 cm³/mol. The molecule has 33 heavy (non-hydrogen) atoms. The third-order valence-electron chi connectivity index (χ3n) is 5.80. The molecule has 1 unspecified atom stereocenters. The van der Waals surface area contributed by atoms with E-state index in [1.165, 1.54) is 6.33 Å². The van der Waals surface area contributed by atoms with Gasteiger partial charge in [-0.1, -0.05) is 77.3 Å². The lowest BCUT2D eigenvalue weighted by atomic mass is 9.88. The van der Waals surface area contributed by atoms with Gasteiger partial charge in [-0.25, -0.2) is 14.6 Å². The van der Waals surface area contributed by atoms with Gasteiger partial charge in [-0.05, 0) is 43.7 Å². The van der Waals surface area contributed by atoms with Crippen LogP contribution in [0.15, 0.2) is 79.1 Å². The smallest absolute Gasteiger partial charge is 0.136 e. The fourth-order valence-electron chi connectivity index (χ4n) is 3.98. The summed E-state index contributed by atoms with van der Waals surface area (Å²) in [5.74, 6) is 0. The Kier molecular flexibility index (Phi) is 5.41. The molecule has 0 spiro atoms. The lowest BCUT2D eigenvalue weighted by Gasteiger charge is -2.24. The van der Waals surface area contributed by atoms with Gasteiger partial charge in [0.1, 0.15) is 23.1 Å². The summed E-state index contributed by atoms with van der Waals surface area (Å²) in [6.45, 7) is 3.99. The number of halogens is 2. The van der Waals surface area contributed by atoms with Crippen molar-refractivity contribution < 1.29 is 0 Å². The minimum Gasteiger partial charge on any atom is -0.317 e. The molecule has 0 saturated carbocycles. The van der Waals surface area contributed by atoms with E-state index in [1.54, 1.807) is 4.68 Å². The SMILES string of the molecule is Cc1ccc(C(C)(N)c2ncnc3c(-c4ccc(Cl)cc4)n(-c4ccccc4Cl)nc23)cc1. The van der Waals surface area contributed by atoms with Crippen LogP contribution in [0.4, 0.5) is 0 Å². The molecule has 0 amide bonds. The van der Waals surface area contributed by atoms with Crippen LogP contribution in [0.25, 0.3) is 28.0 Å². The van der Waals surface area contributed by atoms with Crippen LogP contribution in [0.2, 0.25) is 10.0 Å². The van der Waals surface area contributed by atoms with Gasteiger partial charge in [0.15, 0.2) is 0 Å². The second-order valence-corrected chi connectivity index (χ2v) is 9.05. The van der Waals surface area contributed by atoms with Crippen molar-refractivity contribution in [3.05, 3.63) is 106 Å². The summed E-state index contributed by atoms with van der Waals surface area (Å²) in [6.07, 6.45) is 1.54. The largest absolute Gasteiger partial charge is 0.317 e. The van der Waals surface area contributed by atoms with Gasteiger partial charge in [-0.2, -0.15) is 5.10 Å². The molecule has 0 bridgehead atoms. The molecule has 1 atom stereocenters. The highest BCUT2D eigenvalue weighted by molar-refractivity contribution is 6.32. The fraction of sp³-hybridized carbons (Fsp3) is 0.115. The molecule has 2 aromatic heterocycles. The first kappa shape index (κ1) is 21.6. The Balaban J connectivity index is 1.82. The van der Waals surface area contributed by atoms with Crippen molar-refractivity contribution in [1.82, 2.24) is 19.7 Å². The summed E-state index contributed by atoms with van der Waals surface area (Å²) in [5, 5.41) is 6.17. The first-order valence-corrected chi connectivity index (χ1v) is 11.2. The molecule has 0 saturated heterocycles. The molecule has 5 aromatic rings. The van der Waals surface area contributed by atoms with Crippen molar-refractivity contribution in [2.75, 3.05) is 0 Å². The lowest BCUT2D eigenvalue weighted by Crippen LogP contribution is -2.35. The van der Waals surface area contributed by atoms with E-state index in [2.05, 4.69) is 9.97 Å². The number of rotatable bonds is 4. The number of nitrogens with zero attached hydrogens (tertiary/aromatic N) is 4. The summed E-state index contributed by atoms with van der Waals surface area (Å²) in [7, 11) is 0. The highest BCUT2D eigenvalue weighted by Gasteiger charge is 2.31. The van der Waals surface area contributed by atoms with E-state index in [1.807, 2.05) is 86.6 Å². The standard InChI is InChI=1S/C26H21Cl2N5/c1-16-7-11-18(12-8-16)26(2,29)25-23-22(30-15-31-25)24(17-9-13-19(27)14-10-17)33(32-23)21-6-4-3-5-20(21)28/h3-15H,29H2,1-2H3. The van der Waals surface area contributed by atoms with E-state index < -0.39 is 5.54 Å². The number of aryl methyl sites for hydroxylation is 1. The molecule has 0 aliphatic heterocycles. The van der Waals surface area contributed by atoms with Gasteiger partial charge in [-0.3, -0.25) is 0 Å². The van der Waals surface area contributed by atoms with E-state index in [4.69, 9.17) is 34.0 Å². The molecule has 5 rings (SSSR count). The number of nitrogens with two attached hydrogens (primary N) is 1. The van der Waals surface area contributed by atoms with Crippen LogP contribution in [0.5, 0.6) is 0 Å². The highest BCUT2D eigenvalue weighted by Crippen LogP contribution is 2.36. The average Bonchev–Trinajstić information content (AvgIpc) is 3.19. The zero-order valence-corrected chi connectivity index (χ0v) is 19.6. The Bertz CT molecular complexity index is 1460. The van der Waals surface area contributed by atoms with Crippen molar-refractivity contribution in [1.29, 1.82) is 0 Å². The van der Waals surface area contributed by atoms with Crippen molar-refractivity contribution in [3.63, 3.8) is 0 Å². The predicted octanol–water partition coefficient (Wildman–Crippen LogP) is 6.32. The molecular formula is C26H21Cl2N5. The first-order chi connectivity index (χ1) is 15.9. The first-order valence-electron chi connectivity index (χ1n) is 10.5. The van der Waals surface area contributed by atoms with Gasteiger partial charge < -0.3 is 5.73 Å². The second-order valence-electron chi connectivity index (χ2n) is 8.21. The molecule has 0 aliphatic carbocycles. The van der Waals surface area contributed by atoms with Crippen LogP contribution < -0.4 is 5.73 Å². The maximum absolute atomic E-state index is 6.88. The number of aromatic nitrogens is 4. The number of benzene rings is 3. The normalized spacial score (nSPS) is 13.2. The number of hydrogen-bond donors (Lipinski definition) is 1. The zero-order valence-electron chi connectivity index (χ0n) is 18.1. The van der Waals surface area contributed by atoms with Gasteiger partial charge in [0, 0.05) is 10.6 Å². The van der Waals surface area contributed by atoms with Gasteiger partial charge in [0.05, 0.1) is 21.9 Å². The minimum absolute atomic E-state index is 0.573. The summed E-state index contributed by atoms with van der Waals surface area (Å²) in [4.78, 5) is 9.20. The summed E-state index contributed by atoms with van der Waals surface area (Å²) >= 11 is 12.7. The Morgan fingerprint density at radius 1 is 0.848 bits per heavy atom. The summed E-state index contributed by atoms with van der Waals surface area (Å²) in [5.41, 5.74) is 12.5. The van der Waals surface area contributed by atoms with E-state index in [0.29, 0.717) is 26.8 Å². The topological polar surface area (TPSA) is 69.6 Å². The van der Waals surface area contributed by atoms with Crippen LogP contribution in [-0.2, 0) is 5.54 Å². The molecule has 3 aromatic carbocycles. The molecule has 2 heterocycles. The van der Waals surface area contributed by atoms with Crippen LogP contribution in [0.1, 0.15) is 23.7 Å². The zero-order chi connectivity index (χ0) is 23.2. The molecule has 164 valence electrons. The quantitative estimate of drug-likeness (QED) is 0.331. The number of para-hydroxylation sites is 1. The minimum atomic E-state index is -0.883. The van der Waals surface area contributed by atoms with E-state index in [-0.39, 0.29) is 0 Å². The van der Waals surface area contributed by atoms with E-state index >= 15 is 0 Å². The van der Waals surface area contributed by atoms with E-state index in [9.17, 15) is 0 Å². The third kappa shape index (κ3) is 3.78. The molecule has 0 aliphatic rings. The molecule has 5 nitrogen and oxygen atoms in total. The summed E-state index contributed by atoms with van der Waals surface area (Å²) < 4.78 is 1.81. The van der Waals surface area contributed by atoms with Crippen molar-refractivity contribution in [2.45, 2.75) is 19.4 Å². The van der Waals surface area contributed by atoms with Gasteiger partial charge in [0.2, 0.25) is 0 Å². The molecule has 7 heteroatoms. The average molecular weight is 474 g/mol. The van der Waals surface area contributed by atoms with Crippen LogP contribution in [0.3, 0.4) is 0 Å². The molecular weight excluding hydrogens is 453 g/mol. The van der Waals surface area contributed by atoms with Crippen LogP contribution in [0, 0.1) is 6.92 Å². The number of fused-ring (bicyclic) bond motifs is 1. The lowest BCUT2D eigenvalue weighted by molar-refractivity contribution is 0.584. The fourth-order valence-corrected chi connectivity index (χ4v) is 4.32. The maximum Gasteiger partial charge on any atom is 0.136 e. The van der Waals surface area contributed by atoms with Crippen molar-refractivity contribution in [3.8, 4) is 16.9 Å². The monoisotopic (exact) mass is 473 g/mol. The Hall–Kier alpha value is -3.25.